The van der Waals surface area contributed by atoms with Crippen molar-refractivity contribution in [1.29, 1.82) is 0 Å². The monoisotopic (exact) mass is 320 g/mol. The quantitative estimate of drug-likeness (QED) is 0.586. The molecule has 1 atom stereocenters. The van der Waals surface area contributed by atoms with Crippen LogP contribution in [0.1, 0.15) is 45.4 Å². The third-order valence-corrected chi connectivity index (χ3v) is 5.29. The Bertz CT molecular complexity index is 466. The highest BCUT2D eigenvalue weighted by atomic mass is 32.2. The van der Waals surface area contributed by atoms with Crippen LogP contribution < -0.4 is 11.1 Å². The fourth-order valence-corrected chi connectivity index (χ4v) is 4.06. The topological polar surface area (TPSA) is 89.3 Å². The maximum atomic E-state index is 12.5. The summed E-state index contributed by atoms with van der Waals surface area (Å²) < 4.78 is 22.5. The van der Waals surface area contributed by atoms with E-state index in [9.17, 15) is 13.2 Å². The molecule has 0 spiro atoms. The summed E-state index contributed by atoms with van der Waals surface area (Å²) >= 11 is 5.13. The van der Waals surface area contributed by atoms with Gasteiger partial charge in [0, 0.05) is 12.3 Å². The van der Waals surface area contributed by atoms with Gasteiger partial charge < -0.3 is 11.1 Å². The summed E-state index contributed by atoms with van der Waals surface area (Å²) in [5.41, 5.74) is 5.02. The summed E-state index contributed by atoms with van der Waals surface area (Å²) in [5, 5.41) is 2.77. The standard InChI is InChI=1S/C13H24N2O3S2/c1-10(9-20(2,17)18)15-12(16)13(11(14)19)7-5-3-4-6-8-13/h10H,3-9H2,1-2H3,(H2,14,19)(H,15,16). The molecule has 1 unspecified atom stereocenters. The minimum Gasteiger partial charge on any atom is -0.392 e. The number of amides is 1. The SMILES string of the molecule is CC(CS(C)(=O)=O)NC(=O)C1(C(N)=S)CCCCCC1. The molecule has 3 N–H and O–H groups in total. The normalized spacial score (nSPS) is 20.7. The first kappa shape index (κ1) is 17.4. The third-order valence-electron chi connectivity index (χ3n) is 3.79. The lowest BCUT2D eigenvalue weighted by Crippen LogP contribution is -2.52. The molecule has 1 saturated carbocycles. The molecule has 1 rings (SSSR count). The Morgan fingerprint density at radius 3 is 2.20 bits per heavy atom. The van der Waals surface area contributed by atoms with Crippen molar-refractivity contribution in [2.45, 2.75) is 51.5 Å². The molecule has 0 radical (unpaired) electrons. The largest absolute Gasteiger partial charge is 0.392 e. The van der Waals surface area contributed by atoms with Gasteiger partial charge in [0.2, 0.25) is 5.91 Å². The van der Waals surface area contributed by atoms with E-state index < -0.39 is 21.3 Å². The van der Waals surface area contributed by atoms with E-state index in [1.54, 1.807) is 6.92 Å². The van der Waals surface area contributed by atoms with Crippen LogP contribution in [0.5, 0.6) is 0 Å². The summed E-state index contributed by atoms with van der Waals surface area (Å²) in [6, 6.07) is -0.438. The van der Waals surface area contributed by atoms with Gasteiger partial charge in [-0.05, 0) is 19.8 Å². The van der Waals surface area contributed by atoms with Crippen LogP contribution >= 0.6 is 12.2 Å². The van der Waals surface area contributed by atoms with Gasteiger partial charge in [0.05, 0.1) is 16.2 Å². The van der Waals surface area contributed by atoms with E-state index in [1.165, 1.54) is 0 Å². The third kappa shape index (κ3) is 4.70. The van der Waals surface area contributed by atoms with Crippen LogP contribution in [0.25, 0.3) is 0 Å². The molecular formula is C13H24N2O3S2. The highest BCUT2D eigenvalue weighted by molar-refractivity contribution is 7.90. The van der Waals surface area contributed by atoms with Crippen molar-refractivity contribution in [3.8, 4) is 0 Å². The first-order chi connectivity index (χ1) is 9.17. The Hall–Kier alpha value is -0.690. The Balaban J connectivity index is 2.81. The molecule has 1 aliphatic carbocycles. The first-order valence-corrected chi connectivity index (χ1v) is 9.43. The summed E-state index contributed by atoms with van der Waals surface area (Å²) in [5.74, 6) is -0.297. The van der Waals surface area contributed by atoms with Crippen molar-refractivity contribution in [3.63, 3.8) is 0 Å². The maximum Gasteiger partial charge on any atom is 0.233 e. The molecule has 0 aromatic rings. The van der Waals surface area contributed by atoms with Gasteiger partial charge in [-0.1, -0.05) is 37.9 Å². The van der Waals surface area contributed by atoms with Crippen LogP contribution in [-0.2, 0) is 14.6 Å². The fraction of sp³-hybridized carbons (Fsp3) is 0.846. The van der Waals surface area contributed by atoms with E-state index in [1.807, 2.05) is 0 Å². The number of carbonyl (C=O) groups excluding carboxylic acids is 1. The number of carbonyl (C=O) groups is 1. The van der Waals surface area contributed by atoms with Crippen molar-refractivity contribution in [3.05, 3.63) is 0 Å². The molecule has 1 aliphatic rings. The Morgan fingerprint density at radius 1 is 1.30 bits per heavy atom. The lowest BCUT2D eigenvalue weighted by molar-refractivity contribution is -0.128. The van der Waals surface area contributed by atoms with Crippen LogP contribution in [-0.4, -0.2) is 37.4 Å². The van der Waals surface area contributed by atoms with Crippen LogP contribution in [0.4, 0.5) is 0 Å². The van der Waals surface area contributed by atoms with E-state index in [0.29, 0.717) is 12.8 Å². The van der Waals surface area contributed by atoms with Crippen molar-refractivity contribution >= 4 is 33.0 Å². The van der Waals surface area contributed by atoms with Crippen LogP contribution in [0.3, 0.4) is 0 Å². The molecule has 0 bridgehead atoms. The van der Waals surface area contributed by atoms with Gasteiger partial charge in [0.15, 0.2) is 0 Å². The second-order valence-electron chi connectivity index (χ2n) is 5.83. The average Bonchev–Trinajstić information content (AvgIpc) is 2.51. The Morgan fingerprint density at radius 2 is 1.80 bits per heavy atom. The van der Waals surface area contributed by atoms with Gasteiger partial charge in [-0.2, -0.15) is 0 Å². The zero-order chi connectivity index (χ0) is 15.4. The molecule has 1 fully saturated rings. The highest BCUT2D eigenvalue weighted by Gasteiger charge is 2.41. The maximum absolute atomic E-state index is 12.5. The van der Waals surface area contributed by atoms with Gasteiger partial charge in [0.25, 0.3) is 0 Å². The van der Waals surface area contributed by atoms with Gasteiger partial charge in [0.1, 0.15) is 9.84 Å². The minimum atomic E-state index is -3.13. The van der Waals surface area contributed by atoms with Gasteiger partial charge in [-0.25, -0.2) is 8.42 Å². The van der Waals surface area contributed by atoms with Crippen molar-refractivity contribution in [1.82, 2.24) is 5.32 Å². The lowest BCUT2D eigenvalue weighted by atomic mass is 9.79. The van der Waals surface area contributed by atoms with Crippen LogP contribution in [0.2, 0.25) is 0 Å². The van der Waals surface area contributed by atoms with E-state index in [4.69, 9.17) is 18.0 Å². The molecule has 0 aliphatic heterocycles. The number of sulfone groups is 1. The molecule has 116 valence electrons. The minimum absolute atomic E-state index is 0.0772. The number of nitrogens with one attached hydrogen (secondary N) is 1. The number of rotatable bonds is 5. The van der Waals surface area contributed by atoms with E-state index in [-0.39, 0.29) is 16.6 Å². The molecule has 7 heteroatoms. The molecule has 1 amide bonds. The smallest absolute Gasteiger partial charge is 0.233 e. The van der Waals surface area contributed by atoms with Gasteiger partial charge in [-0.15, -0.1) is 0 Å². The molecule has 0 aromatic carbocycles. The molecular weight excluding hydrogens is 296 g/mol. The average molecular weight is 320 g/mol. The number of hydrogen-bond donors (Lipinski definition) is 2. The molecule has 0 aromatic heterocycles. The molecule has 20 heavy (non-hydrogen) atoms. The lowest BCUT2D eigenvalue weighted by Gasteiger charge is -2.31. The Kier molecular flexibility index (Phi) is 5.94. The van der Waals surface area contributed by atoms with Gasteiger partial charge in [-0.3, -0.25) is 4.79 Å². The van der Waals surface area contributed by atoms with E-state index in [0.717, 1.165) is 31.9 Å². The molecule has 5 nitrogen and oxygen atoms in total. The van der Waals surface area contributed by atoms with Crippen LogP contribution in [0.15, 0.2) is 0 Å². The highest BCUT2D eigenvalue weighted by Crippen LogP contribution is 2.35. The predicted molar refractivity (Wildman–Crippen MR) is 84.2 cm³/mol. The van der Waals surface area contributed by atoms with E-state index in [2.05, 4.69) is 5.32 Å². The summed E-state index contributed by atoms with van der Waals surface area (Å²) in [7, 11) is -3.13. The molecule has 0 heterocycles. The summed E-state index contributed by atoms with van der Waals surface area (Å²) in [6.45, 7) is 1.68. The summed E-state index contributed by atoms with van der Waals surface area (Å²) in [6.07, 6.45) is 6.47. The Labute approximate surface area is 126 Å². The van der Waals surface area contributed by atoms with Crippen molar-refractivity contribution in [2.75, 3.05) is 12.0 Å². The van der Waals surface area contributed by atoms with Gasteiger partial charge >= 0.3 is 0 Å². The first-order valence-electron chi connectivity index (χ1n) is 6.96. The van der Waals surface area contributed by atoms with Crippen molar-refractivity contribution < 1.29 is 13.2 Å². The second-order valence-corrected chi connectivity index (χ2v) is 8.45. The zero-order valence-electron chi connectivity index (χ0n) is 12.1. The van der Waals surface area contributed by atoms with Crippen LogP contribution in [0, 0.1) is 5.41 Å². The number of hydrogen-bond acceptors (Lipinski definition) is 4. The summed E-state index contributed by atoms with van der Waals surface area (Å²) in [4.78, 5) is 12.8. The predicted octanol–water partition coefficient (Wildman–Crippen LogP) is 1.16. The van der Waals surface area contributed by atoms with Crippen molar-refractivity contribution in [2.24, 2.45) is 11.1 Å². The zero-order valence-corrected chi connectivity index (χ0v) is 13.8. The fourth-order valence-electron chi connectivity index (χ4n) is 2.78. The van der Waals surface area contributed by atoms with E-state index >= 15 is 0 Å². The number of nitrogens with two attached hydrogens (primary N) is 1. The molecule has 0 saturated heterocycles. The second kappa shape index (κ2) is 6.85. The number of thiocarbonyl (C=S) groups is 1.